The first-order valence-electron chi connectivity index (χ1n) is 7.50. The zero-order valence-corrected chi connectivity index (χ0v) is 11.6. The summed E-state index contributed by atoms with van der Waals surface area (Å²) < 4.78 is 5.23. The van der Waals surface area contributed by atoms with Crippen LogP contribution in [0.1, 0.15) is 51.9 Å². The van der Waals surface area contributed by atoms with E-state index in [9.17, 15) is 0 Å². The Kier molecular flexibility index (Phi) is 4.87. The molecular weight excluding hydrogens is 210 g/mol. The van der Waals surface area contributed by atoms with Crippen molar-refractivity contribution in [1.29, 1.82) is 0 Å². The molecule has 0 amide bonds. The zero-order chi connectivity index (χ0) is 12.1. The molecule has 0 spiro atoms. The first-order chi connectivity index (χ1) is 8.30. The van der Waals surface area contributed by atoms with E-state index in [0.717, 1.165) is 18.4 Å². The van der Waals surface area contributed by atoms with Crippen molar-refractivity contribution in [2.24, 2.45) is 17.3 Å². The number of ether oxygens (including phenoxy) is 1. The lowest BCUT2D eigenvalue weighted by molar-refractivity contribution is 0.115. The van der Waals surface area contributed by atoms with Crippen LogP contribution in [0, 0.1) is 17.3 Å². The van der Waals surface area contributed by atoms with Crippen molar-refractivity contribution in [2.45, 2.75) is 51.9 Å². The summed E-state index contributed by atoms with van der Waals surface area (Å²) in [5.41, 5.74) is 0.622. The molecule has 2 nitrogen and oxygen atoms in total. The van der Waals surface area contributed by atoms with Crippen molar-refractivity contribution >= 4 is 0 Å². The highest BCUT2D eigenvalue weighted by Crippen LogP contribution is 2.57. The Labute approximate surface area is 107 Å². The maximum absolute atomic E-state index is 5.23. The maximum atomic E-state index is 5.23. The fourth-order valence-corrected chi connectivity index (χ4v) is 4.25. The van der Waals surface area contributed by atoms with Gasteiger partial charge in [-0.2, -0.15) is 0 Å². The highest BCUT2D eigenvalue weighted by atomic mass is 16.5. The maximum Gasteiger partial charge on any atom is 0.0462 e. The highest BCUT2D eigenvalue weighted by molar-refractivity contribution is 5.01. The lowest BCUT2D eigenvalue weighted by atomic mass is 9.70. The van der Waals surface area contributed by atoms with Crippen LogP contribution in [0.25, 0.3) is 0 Å². The summed E-state index contributed by atoms with van der Waals surface area (Å²) in [5, 5.41) is 3.69. The second-order valence-corrected chi connectivity index (χ2v) is 6.22. The zero-order valence-electron chi connectivity index (χ0n) is 11.6. The summed E-state index contributed by atoms with van der Waals surface area (Å²) in [6.45, 7) is 5.63. The van der Waals surface area contributed by atoms with Crippen LogP contribution in [0.15, 0.2) is 0 Å². The van der Waals surface area contributed by atoms with Crippen LogP contribution in [-0.2, 0) is 4.74 Å². The third-order valence-electron chi connectivity index (χ3n) is 5.03. The first-order valence-corrected chi connectivity index (χ1v) is 7.50. The normalized spacial score (nSPS) is 35.6. The minimum Gasteiger partial charge on any atom is -0.385 e. The molecule has 3 unspecified atom stereocenters. The van der Waals surface area contributed by atoms with Gasteiger partial charge in [-0.25, -0.2) is 0 Å². The average molecular weight is 239 g/mol. The van der Waals surface area contributed by atoms with E-state index in [1.807, 2.05) is 7.11 Å². The lowest BCUT2D eigenvalue weighted by Crippen LogP contribution is -2.39. The second-order valence-electron chi connectivity index (χ2n) is 6.22. The van der Waals surface area contributed by atoms with Crippen LogP contribution >= 0.6 is 0 Å². The number of nitrogens with one attached hydrogen (secondary N) is 1. The van der Waals surface area contributed by atoms with Gasteiger partial charge in [0, 0.05) is 20.3 Å². The molecular formula is C15H29NO. The van der Waals surface area contributed by atoms with E-state index < -0.39 is 0 Å². The predicted molar refractivity (Wildman–Crippen MR) is 72.2 cm³/mol. The molecule has 0 aromatic heterocycles. The van der Waals surface area contributed by atoms with Gasteiger partial charge < -0.3 is 10.1 Å². The van der Waals surface area contributed by atoms with Crippen LogP contribution in [0.4, 0.5) is 0 Å². The Morgan fingerprint density at radius 2 is 2.24 bits per heavy atom. The molecule has 17 heavy (non-hydrogen) atoms. The van der Waals surface area contributed by atoms with Crippen molar-refractivity contribution in [3.8, 4) is 0 Å². The van der Waals surface area contributed by atoms with E-state index in [2.05, 4.69) is 12.2 Å². The standard InChI is InChI=1S/C15H29NO/c1-3-8-16-12-15(7-4-9-17-2)11-13-5-6-14(15)10-13/h13-14,16H,3-12H2,1-2H3. The van der Waals surface area contributed by atoms with Crippen LogP contribution in [0.3, 0.4) is 0 Å². The molecule has 2 bridgehead atoms. The number of rotatable bonds is 8. The van der Waals surface area contributed by atoms with Crippen molar-refractivity contribution < 1.29 is 4.74 Å². The summed E-state index contributed by atoms with van der Waals surface area (Å²) in [6, 6.07) is 0. The van der Waals surface area contributed by atoms with Gasteiger partial charge in [0.15, 0.2) is 0 Å². The number of hydrogen-bond donors (Lipinski definition) is 1. The Balaban J connectivity index is 1.87. The summed E-state index contributed by atoms with van der Waals surface area (Å²) in [7, 11) is 1.82. The van der Waals surface area contributed by atoms with Crippen LogP contribution < -0.4 is 5.32 Å². The van der Waals surface area contributed by atoms with Crippen molar-refractivity contribution in [3.05, 3.63) is 0 Å². The molecule has 2 heteroatoms. The van der Waals surface area contributed by atoms with Gasteiger partial charge in [0.05, 0.1) is 0 Å². The van der Waals surface area contributed by atoms with Gasteiger partial charge in [-0.1, -0.05) is 13.3 Å². The summed E-state index contributed by atoms with van der Waals surface area (Å²) in [5.74, 6) is 2.06. The monoisotopic (exact) mass is 239 g/mol. The van der Waals surface area contributed by atoms with Gasteiger partial charge in [0.1, 0.15) is 0 Å². The van der Waals surface area contributed by atoms with E-state index in [-0.39, 0.29) is 0 Å². The fraction of sp³-hybridized carbons (Fsp3) is 1.00. The van der Waals surface area contributed by atoms with Gasteiger partial charge in [-0.05, 0) is 62.3 Å². The summed E-state index contributed by atoms with van der Waals surface area (Å²) >= 11 is 0. The van der Waals surface area contributed by atoms with E-state index in [4.69, 9.17) is 4.74 Å². The number of methoxy groups -OCH3 is 1. The average Bonchev–Trinajstić information content (AvgIpc) is 2.90. The molecule has 1 N–H and O–H groups in total. The SMILES string of the molecule is CCCNCC1(CCCOC)CC2CCC1C2. The predicted octanol–water partition coefficient (Wildman–Crippen LogP) is 3.22. The molecule has 2 rings (SSSR count). The third-order valence-corrected chi connectivity index (χ3v) is 5.03. The second kappa shape index (κ2) is 6.19. The van der Waals surface area contributed by atoms with Crippen LogP contribution in [0.2, 0.25) is 0 Å². The van der Waals surface area contributed by atoms with Crippen molar-refractivity contribution in [2.75, 3.05) is 26.8 Å². The Morgan fingerprint density at radius 1 is 1.35 bits per heavy atom. The lowest BCUT2D eigenvalue weighted by Gasteiger charge is -2.38. The van der Waals surface area contributed by atoms with Gasteiger partial charge in [-0.3, -0.25) is 0 Å². The molecule has 2 fully saturated rings. The molecule has 0 aromatic rings. The fourth-order valence-electron chi connectivity index (χ4n) is 4.25. The molecule has 0 radical (unpaired) electrons. The number of fused-ring (bicyclic) bond motifs is 2. The molecule has 2 aliphatic rings. The van der Waals surface area contributed by atoms with E-state index in [0.29, 0.717) is 5.41 Å². The highest BCUT2D eigenvalue weighted by Gasteiger charge is 2.49. The van der Waals surface area contributed by atoms with E-state index >= 15 is 0 Å². The molecule has 3 atom stereocenters. The smallest absolute Gasteiger partial charge is 0.0462 e. The molecule has 2 aliphatic carbocycles. The van der Waals surface area contributed by atoms with E-state index in [1.165, 1.54) is 58.0 Å². The molecule has 0 saturated heterocycles. The Bertz CT molecular complexity index is 219. The largest absolute Gasteiger partial charge is 0.385 e. The van der Waals surface area contributed by atoms with Crippen molar-refractivity contribution in [1.82, 2.24) is 5.32 Å². The van der Waals surface area contributed by atoms with Gasteiger partial charge in [0.2, 0.25) is 0 Å². The summed E-state index contributed by atoms with van der Waals surface area (Å²) in [6.07, 6.45) is 9.86. The molecule has 0 aromatic carbocycles. The minimum absolute atomic E-state index is 0.622. The van der Waals surface area contributed by atoms with Gasteiger partial charge in [-0.15, -0.1) is 0 Å². The van der Waals surface area contributed by atoms with Crippen LogP contribution in [-0.4, -0.2) is 26.8 Å². The quantitative estimate of drug-likeness (QED) is 0.657. The topological polar surface area (TPSA) is 21.3 Å². The van der Waals surface area contributed by atoms with E-state index in [1.54, 1.807) is 0 Å². The Morgan fingerprint density at radius 3 is 2.82 bits per heavy atom. The first kappa shape index (κ1) is 13.4. The Hall–Kier alpha value is -0.0800. The minimum atomic E-state index is 0.622. The molecule has 0 aliphatic heterocycles. The van der Waals surface area contributed by atoms with Gasteiger partial charge >= 0.3 is 0 Å². The van der Waals surface area contributed by atoms with Crippen LogP contribution in [0.5, 0.6) is 0 Å². The molecule has 0 heterocycles. The number of hydrogen-bond acceptors (Lipinski definition) is 2. The van der Waals surface area contributed by atoms with Crippen molar-refractivity contribution in [3.63, 3.8) is 0 Å². The molecule has 100 valence electrons. The third kappa shape index (κ3) is 3.03. The molecule has 2 saturated carbocycles. The summed E-state index contributed by atoms with van der Waals surface area (Å²) in [4.78, 5) is 0. The van der Waals surface area contributed by atoms with Gasteiger partial charge in [0.25, 0.3) is 0 Å².